The highest BCUT2D eigenvalue weighted by molar-refractivity contribution is 6.57. The minimum absolute atomic E-state index is 0.0116. The second kappa shape index (κ2) is 13.4. The number of fused-ring (bicyclic) bond motifs is 6. The number of aromatic nitrogens is 2. The Morgan fingerprint density at radius 1 is 1.11 bits per heavy atom. The number of amides is 2. The number of hydrogen-bond donors (Lipinski definition) is 1. The first-order chi connectivity index (χ1) is 26.1. The molecule has 5 heterocycles. The van der Waals surface area contributed by atoms with Gasteiger partial charge in [0.2, 0.25) is 0 Å². The summed E-state index contributed by atoms with van der Waals surface area (Å²) in [7, 11) is 1.50. The number of carbonyl (C=O) groups excluding carboxylic acids is 2. The second-order valence-corrected chi connectivity index (χ2v) is 17.7. The number of alkyl halides is 3. The van der Waals surface area contributed by atoms with E-state index >= 15 is 9.18 Å². The van der Waals surface area contributed by atoms with Crippen LogP contribution < -0.4 is 26.1 Å². The molecule has 3 atom stereocenters. The number of benzene rings is 2. The summed E-state index contributed by atoms with van der Waals surface area (Å²) in [6.07, 6.45) is 8.35. The van der Waals surface area contributed by atoms with Crippen LogP contribution in [-0.4, -0.2) is 73.7 Å². The van der Waals surface area contributed by atoms with Crippen LogP contribution in [0.25, 0.3) is 22.5 Å². The molecule has 1 N–H and O–H groups in total. The lowest BCUT2D eigenvalue weighted by atomic mass is 9.90. The Morgan fingerprint density at radius 3 is 2.45 bits per heavy atom. The van der Waals surface area contributed by atoms with Crippen molar-refractivity contribution in [1.29, 1.82) is 0 Å². The number of pyridine rings is 2. The number of anilines is 2. The highest BCUT2D eigenvalue weighted by Crippen LogP contribution is 2.53. The van der Waals surface area contributed by atoms with Crippen LogP contribution in [0.2, 0.25) is 0 Å². The summed E-state index contributed by atoms with van der Waals surface area (Å²) in [6, 6.07) is 5.62. The zero-order valence-corrected chi connectivity index (χ0v) is 34.3. The molecule has 0 spiro atoms. The van der Waals surface area contributed by atoms with Crippen molar-refractivity contribution >= 4 is 75.0 Å². The molecule has 1 saturated heterocycles. The largest absolute Gasteiger partial charge is 0.508 e. The van der Waals surface area contributed by atoms with Crippen LogP contribution in [0.1, 0.15) is 69.8 Å². The molecule has 0 bridgehead atoms. The van der Waals surface area contributed by atoms with E-state index in [1.165, 1.54) is 51.8 Å². The van der Waals surface area contributed by atoms with Crippen molar-refractivity contribution < 1.29 is 23.8 Å². The monoisotopic (exact) mass is 820 g/mol. The fourth-order valence-corrected chi connectivity index (χ4v) is 8.68. The van der Waals surface area contributed by atoms with Crippen LogP contribution in [0, 0.1) is 25.1 Å². The first-order valence-corrected chi connectivity index (χ1v) is 19.2. The van der Waals surface area contributed by atoms with E-state index in [9.17, 15) is 14.7 Å². The molecule has 2 aromatic heterocycles. The van der Waals surface area contributed by atoms with E-state index in [0.717, 1.165) is 0 Å². The Balaban J connectivity index is 1.62. The average Bonchev–Trinajstić information content (AvgIpc) is 3.10. The predicted molar refractivity (Wildman–Crippen MR) is 216 cm³/mol. The van der Waals surface area contributed by atoms with Gasteiger partial charge in [-0.2, -0.15) is 0 Å². The van der Waals surface area contributed by atoms with E-state index in [1.807, 2.05) is 27.7 Å². The molecule has 2 aromatic carbocycles. The summed E-state index contributed by atoms with van der Waals surface area (Å²) in [5.74, 6) is 0.806. The van der Waals surface area contributed by atoms with Crippen LogP contribution in [0.4, 0.5) is 20.6 Å². The molecular weight excluding hydrogens is 782 g/mol. The van der Waals surface area contributed by atoms with Gasteiger partial charge in [-0.05, 0) is 81.8 Å². The number of ether oxygens (including phenoxy) is 1. The number of aryl methyl sites for hydroxylation is 1. The van der Waals surface area contributed by atoms with Gasteiger partial charge in [0.1, 0.15) is 34.4 Å². The van der Waals surface area contributed by atoms with E-state index in [4.69, 9.17) is 51.0 Å². The number of hydrogen-bond acceptors (Lipinski definition) is 8. The molecule has 11 nitrogen and oxygen atoms in total. The molecule has 7 rings (SSSR count). The number of phenolic OH excluding ortho intramolecular Hbond substituents is 1. The number of aromatic hydroxyl groups is 1. The topological polar surface area (TPSA) is 121 Å². The number of rotatable bonds is 3. The molecule has 4 aromatic rings. The maximum absolute atomic E-state index is 15.4. The van der Waals surface area contributed by atoms with Gasteiger partial charge in [0.25, 0.3) is 11.5 Å². The van der Waals surface area contributed by atoms with Gasteiger partial charge in [-0.15, -0.1) is 6.42 Å². The number of halogens is 4. The third-order valence-electron chi connectivity index (χ3n) is 10.4. The summed E-state index contributed by atoms with van der Waals surface area (Å²) in [5, 5.41) is 11.7. The summed E-state index contributed by atoms with van der Waals surface area (Å²) in [6.45, 7) is 12.9. The Kier molecular flexibility index (Phi) is 9.42. The van der Waals surface area contributed by atoms with Gasteiger partial charge >= 0.3 is 6.09 Å². The fraction of sp³-hybridized carbons (Fsp3) is 0.390. The molecular formula is C41H40Cl3FN6O5. The summed E-state index contributed by atoms with van der Waals surface area (Å²) >= 11 is 22.2. The minimum atomic E-state index is -2.24. The molecule has 1 fully saturated rings. The molecule has 3 aliphatic rings. The Bertz CT molecular complexity index is 2620. The van der Waals surface area contributed by atoms with E-state index in [-0.39, 0.29) is 57.7 Å². The van der Waals surface area contributed by atoms with Gasteiger partial charge in [0.15, 0.2) is 9.33 Å². The number of carbonyl (C=O) groups is 2. The van der Waals surface area contributed by atoms with Crippen molar-refractivity contribution in [2.45, 2.75) is 81.4 Å². The highest BCUT2D eigenvalue weighted by atomic mass is 35.5. The molecule has 0 saturated carbocycles. The molecule has 1 unspecified atom stereocenters. The zero-order valence-electron chi connectivity index (χ0n) is 32.0. The first kappa shape index (κ1) is 39.4. The first-order valence-electron chi connectivity index (χ1n) is 18.0. The van der Waals surface area contributed by atoms with Gasteiger partial charge in [-0.25, -0.2) is 14.2 Å². The van der Waals surface area contributed by atoms with Crippen LogP contribution in [0.3, 0.4) is 0 Å². The van der Waals surface area contributed by atoms with Crippen molar-refractivity contribution in [3.63, 3.8) is 0 Å². The Labute approximate surface area is 337 Å². The maximum atomic E-state index is 15.4. The number of phenols is 1. The van der Waals surface area contributed by atoms with Crippen LogP contribution in [0.5, 0.6) is 5.75 Å². The van der Waals surface area contributed by atoms with E-state index in [0.29, 0.717) is 28.0 Å². The molecule has 292 valence electrons. The molecule has 0 radical (unpaired) electrons. The second-order valence-electron chi connectivity index (χ2n) is 15.8. The molecule has 56 heavy (non-hydrogen) atoms. The minimum Gasteiger partial charge on any atom is -0.508 e. The Morgan fingerprint density at radius 2 is 1.80 bits per heavy atom. The third kappa shape index (κ3) is 5.98. The van der Waals surface area contributed by atoms with Crippen molar-refractivity contribution in [2.75, 3.05) is 29.9 Å². The van der Waals surface area contributed by atoms with Crippen LogP contribution >= 0.6 is 34.8 Å². The van der Waals surface area contributed by atoms with Gasteiger partial charge in [-0.3, -0.25) is 19.1 Å². The lowest BCUT2D eigenvalue weighted by molar-refractivity contribution is -0.121. The summed E-state index contributed by atoms with van der Waals surface area (Å²) in [4.78, 5) is 55.0. The maximum Gasteiger partial charge on any atom is 0.410 e. The lowest BCUT2D eigenvalue weighted by Gasteiger charge is -2.50. The SMILES string of the molecule is C#Cc1c(F)ccc2cc(O)cc(C3(Cl)N=c4c(c5c(c(=O)n4-c4c(C)ccnc4C(C)C)N(C)C(=O)[C@H]4CN(C(=O)OC(C)(C)C)[C@H](C)CN54)=CC3(Cl)Cl)c12. The zero-order chi connectivity index (χ0) is 41.0. The highest BCUT2D eigenvalue weighted by Gasteiger charge is 2.54. The third-order valence-corrected chi connectivity index (χ3v) is 12.0. The molecule has 15 heteroatoms. The van der Waals surface area contributed by atoms with E-state index in [1.54, 1.807) is 37.9 Å². The number of piperazine rings is 1. The average molecular weight is 822 g/mol. The molecule has 0 aliphatic carbocycles. The van der Waals surface area contributed by atoms with Gasteiger partial charge in [0.05, 0.1) is 29.2 Å². The lowest BCUT2D eigenvalue weighted by Crippen LogP contribution is -2.69. The van der Waals surface area contributed by atoms with Crippen molar-refractivity contribution in [2.24, 2.45) is 4.99 Å². The van der Waals surface area contributed by atoms with Gasteiger partial charge in [0, 0.05) is 42.0 Å². The summed E-state index contributed by atoms with van der Waals surface area (Å²) < 4.78 is 20.2. The smallest absolute Gasteiger partial charge is 0.410 e. The van der Waals surface area contributed by atoms with E-state index < -0.39 is 50.4 Å². The van der Waals surface area contributed by atoms with Crippen molar-refractivity contribution in [3.8, 4) is 23.8 Å². The predicted octanol–water partition coefficient (Wildman–Crippen LogP) is 6.11. The van der Waals surface area contributed by atoms with Crippen molar-refractivity contribution in [1.82, 2.24) is 14.5 Å². The van der Waals surface area contributed by atoms with E-state index in [2.05, 4.69) is 10.9 Å². The fourth-order valence-electron chi connectivity index (χ4n) is 7.89. The van der Waals surface area contributed by atoms with Crippen LogP contribution in [-0.2, 0) is 14.5 Å². The quantitative estimate of drug-likeness (QED) is 0.151. The normalized spacial score (nSPS) is 21.5. The number of likely N-dealkylation sites (N-methyl/N-ethyl adjacent to an activating group) is 1. The number of terminal acetylenes is 1. The van der Waals surface area contributed by atoms with Crippen LogP contribution in [0.15, 0.2) is 46.3 Å². The molecule has 3 aliphatic heterocycles. The summed E-state index contributed by atoms with van der Waals surface area (Å²) in [5.41, 5.74) is 0.408. The Hall–Kier alpha value is -4.83. The van der Waals surface area contributed by atoms with Gasteiger partial charge < -0.3 is 24.5 Å². The number of nitrogens with zero attached hydrogens (tertiary/aromatic N) is 6. The van der Waals surface area contributed by atoms with Gasteiger partial charge in [-0.1, -0.05) is 60.6 Å². The standard InChI is InChI=1S/C41H40Cl3FN6O5/c1-10-25-28(45)12-11-23-15-24(52)16-27(30(23)25)41(44)40(42,43)17-26-33-34(37(54)51(35(26)47-41)32-21(4)13-14-46-31(32)20(2)3)48(9)36(53)29-19-49(22(5)18-50(29)33)38(55)56-39(6,7)8/h1,11-17,20,22,29,52H,18-19H2,2-9H3/t22-,29-,41?/m1/s1. The molecule has 2 amide bonds. The van der Waals surface area contributed by atoms with Crippen molar-refractivity contribution in [3.05, 3.63) is 85.8 Å².